The second-order valence-corrected chi connectivity index (χ2v) is 4.07. The zero-order chi connectivity index (χ0) is 21.9. The van der Waals surface area contributed by atoms with Gasteiger partial charge in [0.1, 0.15) is 0 Å². The molecule has 0 amide bonds. The first-order chi connectivity index (χ1) is 12.5. The van der Waals surface area contributed by atoms with Crippen LogP contribution in [0.3, 0.4) is 0 Å². The summed E-state index contributed by atoms with van der Waals surface area (Å²) in [5, 5.41) is 19.5. The van der Waals surface area contributed by atoms with Gasteiger partial charge in [-0.1, -0.05) is 26.2 Å². The van der Waals surface area contributed by atoms with Gasteiger partial charge in [0.25, 0.3) is 0 Å². The first kappa shape index (κ1) is 44.7. The van der Waals surface area contributed by atoms with Gasteiger partial charge < -0.3 is 16.8 Å². The third-order valence-electron chi connectivity index (χ3n) is 1.83. The zero-order valence-corrected chi connectivity index (χ0v) is 18.2. The molecule has 0 heterocycles. The molecule has 0 aromatic carbocycles. The molecule has 15 heteroatoms. The van der Waals surface area contributed by atoms with Crippen molar-refractivity contribution in [2.24, 2.45) is 17.3 Å². The van der Waals surface area contributed by atoms with Crippen LogP contribution < -0.4 is 38.7 Å². The minimum absolute atomic E-state index is 0. The van der Waals surface area contributed by atoms with Gasteiger partial charge in [0, 0.05) is 17.2 Å². The van der Waals surface area contributed by atoms with Gasteiger partial charge in [-0.25, -0.2) is 0 Å². The number of hydrogen-bond acceptors (Lipinski definition) is 10. The van der Waals surface area contributed by atoms with E-state index in [0.717, 1.165) is 32.5 Å². The summed E-state index contributed by atoms with van der Waals surface area (Å²) in [5.41, 5.74) is 25.3. The van der Waals surface area contributed by atoms with Crippen molar-refractivity contribution < 1.29 is 10.7 Å². The van der Waals surface area contributed by atoms with Crippen LogP contribution in [0.4, 0.5) is 0 Å². The molecule has 0 saturated carbocycles. The van der Waals surface area contributed by atoms with Crippen molar-refractivity contribution in [2.45, 2.75) is 45.4 Å². The molecule has 27 heavy (non-hydrogen) atoms. The molecule has 0 fully saturated rings. The zero-order valence-electron chi connectivity index (χ0n) is 16.5. The summed E-state index contributed by atoms with van der Waals surface area (Å²) < 4.78 is 0. The standard InChI is InChI=1S/2C5H14N2.C2H7N.BrH.HN3.2HNO2/c1-2-3-4-5-7-6;6-4-2-1-3-5-7;1-3-2;;1-3-2;2*2-1-3/h7H,2-6H2,1H3;1-7H2;3H,1-2H3;1H;3*1H. The Labute approximate surface area is 171 Å². The lowest BCUT2D eigenvalue weighted by Gasteiger charge is -1.93. The van der Waals surface area contributed by atoms with Gasteiger partial charge in [0.05, 0.1) is 0 Å². The lowest BCUT2D eigenvalue weighted by atomic mass is 10.2. The largest absolute Gasteiger partial charge is 0.330 e. The summed E-state index contributed by atoms with van der Waals surface area (Å²) in [5.74, 6) is 5.02. The molecule has 0 bridgehead atoms. The van der Waals surface area contributed by atoms with Gasteiger partial charge >= 0.3 is 0 Å². The molecule has 0 unspecified atom stereocenters. The Balaban J connectivity index is -0.0000000373. The predicted octanol–water partition coefficient (Wildman–Crippen LogP) is -1.33. The summed E-state index contributed by atoms with van der Waals surface area (Å²) in [4.78, 5) is 18.0. The molecular weight excluding hydrogens is 428 g/mol. The van der Waals surface area contributed by atoms with Crippen LogP contribution in [0.2, 0.25) is 0 Å². The second kappa shape index (κ2) is 86.9. The third kappa shape index (κ3) is 299. The number of hydrazine groups is 1. The van der Waals surface area contributed by atoms with Crippen LogP contribution in [0.1, 0.15) is 45.4 Å². The lowest BCUT2D eigenvalue weighted by molar-refractivity contribution is -0.399. The molecule has 11 N–H and O–H groups in total. The minimum Gasteiger partial charge on any atom is -0.330 e. The van der Waals surface area contributed by atoms with E-state index in [1.54, 1.807) is 4.91 Å². The fraction of sp³-hybridized carbons (Fsp3) is 1.00. The Kier molecular flexibility index (Phi) is 144. The monoisotopic (exact) mass is 466 g/mol. The number of nitrogens with zero attached hydrogens (tertiary/aromatic N) is 2. The normalized spacial score (nSPS) is 6.74. The molecule has 0 aromatic heterocycles. The molecule has 0 aliphatic rings. The van der Waals surface area contributed by atoms with Crippen LogP contribution in [0.5, 0.6) is 0 Å². The molecule has 0 aromatic rings. The van der Waals surface area contributed by atoms with Gasteiger partial charge in [0.2, 0.25) is 0 Å². The van der Waals surface area contributed by atoms with Crippen LogP contribution in [0.15, 0.2) is 0 Å². The smallest absolute Gasteiger partial charge is 0.00974 e. The summed E-state index contributed by atoms with van der Waals surface area (Å²) in [6, 6.07) is 0. The Morgan fingerprint density at radius 3 is 1.48 bits per heavy atom. The molecule has 0 saturated heterocycles. The van der Waals surface area contributed by atoms with Gasteiger partial charge in [-0.2, -0.15) is 0 Å². The van der Waals surface area contributed by atoms with Gasteiger partial charge in [0.15, 0.2) is 0 Å². The average Bonchev–Trinajstić information content (AvgIpc) is 2.59. The van der Waals surface area contributed by atoms with Crippen molar-refractivity contribution in [3.8, 4) is 0 Å². The summed E-state index contributed by atoms with van der Waals surface area (Å²) >= 11 is 0. The molecule has 0 aliphatic carbocycles. The van der Waals surface area contributed by atoms with E-state index >= 15 is 0 Å². The van der Waals surface area contributed by atoms with Gasteiger partial charge in [-0.05, 0) is 56.9 Å². The van der Waals surface area contributed by atoms with E-state index in [1.165, 1.54) is 25.7 Å². The highest BCUT2D eigenvalue weighted by Gasteiger charge is 1.80. The topological polar surface area (TPSA) is 271 Å². The molecule has 168 valence electrons. The first-order valence-corrected chi connectivity index (χ1v) is 7.91. The molecule has 0 spiro atoms. The van der Waals surface area contributed by atoms with E-state index in [1.807, 2.05) is 14.1 Å². The lowest BCUT2D eigenvalue weighted by Crippen LogP contribution is -2.53. The predicted molar refractivity (Wildman–Crippen MR) is 114 cm³/mol. The van der Waals surface area contributed by atoms with Crippen molar-refractivity contribution in [1.29, 1.82) is 5.53 Å². The molecule has 14 nitrogen and oxygen atoms in total. The first-order valence-electron chi connectivity index (χ1n) is 7.91. The summed E-state index contributed by atoms with van der Waals surface area (Å²) in [7, 11) is 3.75. The Morgan fingerprint density at radius 1 is 1.00 bits per heavy atom. The van der Waals surface area contributed by atoms with E-state index in [9.17, 15) is 0 Å². The Morgan fingerprint density at radius 2 is 1.30 bits per heavy atom. The van der Waals surface area contributed by atoms with Crippen molar-refractivity contribution in [3.05, 3.63) is 30.7 Å². The van der Waals surface area contributed by atoms with Crippen LogP contribution in [0, 0.1) is 25.8 Å². The van der Waals surface area contributed by atoms with Crippen LogP contribution >= 0.6 is 17.0 Å². The van der Waals surface area contributed by atoms with Crippen LogP contribution in [0.25, 0.3) is 10.4 Å². The number of halogens is 1. The van der Waals surface area contributed by atoms with Gasteiger partial charge in [-0.15, -0.1) is 22.5 Å². The van der Waals surface area contributed by atoms with E-state index in [4.69, 9.17) is 48.6 Å². The maximum atomic E-state index is 8.12. The third-order valence-corrected chi connectivity index (χ3v) is 1.83. The van der Waals surface area contributed by atoms with Crippen LogP contribution in [-0.2, 0) is 0 Å². The van der Waals surface area contributed by atoms with Crippen LogP contribution in [-0.4, -0.2) is 33.7 Å². The molecule has 0 aliphatic heterocycles. The summed E-state index contributed by atoms with van der Waals surface area (Å²) in [6.45, 7) is 4.74. The highest BCUT2D eigenvalue weighted by Crippen LogP contribution is 1.89. The molecule has 0 rings (SSSR count). The van der Waals surface area contributed by atoms with Crippen molar-refractivity contribution in [2.75, 3.05) is 33.7 Å². The van der Waals surface area contributed by atoms with E-state index in [2.05, 4.69) is 17.7 Å². The number of hydrogen-bond donors (Lipinski definition) is 8. The van der Waals surface area contributed by atoms with E-state index < -0.39 is 0 Å². The van der Waals surface area contributed by atoms with E-state index in [0.29, 0.717) is 0 Å². The maximum Gasteiger partial charge on any atom is 0.00974 e. The number of nitrogens with one attached hydrogen (secondary N) is 5. The molecule has 0 radical (unpaired) electrons. The van der Waals surface area contributed by atoms with Crippen molar-refractivity contribution in [1.82, 2.24) is 10.7 Å². The van der Waals surface area contributed by atoms with Gasteiger partial charge in [-0.3, -0.25) is 31.5 Å². The number of rotatable bonds is 8. The SMILES string of the molecule is Br.CCCCCNN.CNC.NCCCCCN.O=[NH+][O-].O=[NH+][O-].[N-]=[N+]=N. The second-order valence-electron chi connectivity index (χ2n) is 4.07. The summed E-state index contributed by atoms with van der Waals surface area (Å²) in [6.07, 6.45) is 7.18. The molecule has 0 atom stereocenters. The Hall–Kier alpha value is -1.61. The highest BCUT2D eigenvalue weighted by atomic mass is 79.9. The van der Waals surface area contributed by atoms with E-state index in [-0.39, 0.29) is 27.7 Å². The fourth-order valence-electron chi connectivity index (χ4n) is 0.943. The average molecular weight is 467 g/mol. The number of unbranched alkanes of at least 4 members (excludes halogenated alkanes) is 4. The van der Waals surface area contributed by atoms with Crippen molar-refractivity contribution >= 4 is 17.0 Å². The number of nitrogens with two attached hydrogens (primary N) is 3. The maximum absolute atomic E-state index is 8.12. The minimum atomic E-state index is 0. The molecular formula is C12H39BrN10O4. The van der Waals surface area contributed by atoms with Crippen molar-refractivity contribution in [3.63, 3.8) is 0 Å². The Bertz CT molecular complexity index is 214. The highest BCUT2D eigenvalue weighted by molar-refractivity contribution is 8.93. The fourth-order valence-corrected chi connectivity index (χ4v) is 0.943. The quantitative estimate of drug-likeness (QED) is 0.0398.